The first kappa shape index (κ1) is 20.6. The van der Waals surface area contributed by atoms with E-state index in [1.54, 1.807) is 12.1 Å². The lowest BCUT2D eigenvalue weighted by Gasteiger charge is -2.13. The summed E-state index contributed by atoms with van der Waals surface area (Å²) in [5.74, 6) is -0.948. The van der Waals surface area contributed by atoms with Crippen LogP contribution in [-0.4, -0.2) is 42.3 Å². The van der Waals surface area contributed by atoms with Crippen LogP contribution in [0, 0.1) is 0 Å². The van der Waals surface area contributed by atoms with Gasteiger partial charge in [-0.05, 0) is 30.3 Å². The number of nitrogens with one attached hydrogen (secondary N) is 2. The Bertz CT molecular complexity index is 840. The lowest BCUT2D eigenvalue weighted by Crippen LogP contribution is -2.31. The molecular weight excluding hydrogens is 366 g/mol. The van der Waals surface area contributed by atoms with E-state index in [-0.39, 0.29) is 42.2 Å². The largest absolute Gasteiger partial charge is 0.351 e. The molecule has 7 heteroatoms. The molecule has 2 aromatic carbocycles. The normalized spacial score (nSPS) is 12.6. The quantitative estimate of drug-likeness (QED) is 0.564. The minimum atomic E-state index is -0.365. The van der Waals surface area contributed by atoms with Gasteiger partial charge in [0.1, 0.15) is 0 Å². The molecule has 0 unspecified atom stereocenters. The van der Waals surface area contributed by atoms with Gasteiger partial charge in [-0.2, -0.15) is 0 Å². The van der Waals surface area contributed by atoms with E-state index in [9.17, 15) is 14.4 Å². The highest BCUT2D eigenvalue weighted by Gasteiger charge is 2.35. The molecule has 0 spiro atoms. The van der Waals surface area contributed by atoms with E-state index in [2.05, 4.69) is 10.6 Å². The fourth-order valence-electron chi connectivity index (χ4n) is 2.88. The number of nitrogens with zero attached hydrogens (tertiary/aromatic N) is 1. The number of likely N-dealkylation sites (N-methyl/N-ethyl adjacent to an activating group) is 1. The highest BCUT2D eigenvalue weighted by atomic mass is 35.5. The number of benzene rings is 2. The molecule has 2 N–H and O–H groups in total. The van der Waals surface area contributed by atoms with Crippen molar-refractivity contribution in [2.45, 2.75) is 13.5 Å². The summed E-state index contributed by atoms with van der Waals surface area (Å²) in [7, 11) is 0. The van der Waals surface area contributed by atoms with Crippen molar-refractivity contribution in [3.8, 4) is 0 Å². The van der Waals surface area contributed by atoms with Gasteiger partial charge in [0, 0.05) is 18.7 Å². The van der Waals surface area contributed by atoms with E-state index < -0.39 is 0 Å². The Morgan fingerprint density at radius 2 is 1.67 bits per heavy atom. The van der Waals surface area contributed by atoms with Crippen LogP contribution < -0.4 is 10.6 Å². The summed E-state index contributed by atoms with van der Waals surface area (Å²) in [6.45, 7) is 4.22. The Morgan fingerprint density at radius 3 is 2.37 bits per heavy atom. The van der Waals surface area contributed by atoms with Gasteiger partial charge in [-0.3, -0.25) is 19.3 Å². The molecule has 0 atom stereocenters. The van der Waals surface area contributed by atoms with E-state index in [0.717, 1.165) is 12.1 Å². The molecule has 6 nitrogen and oxygen atoms in total. The summed E-state index contributed by atoms with van der Waals surface area (Å²) in [4.78, 5) is 38.6. The molecule has 0 fully saturated rings. The average Bonchev–Trinajstić information content (AvgIpc) is 2.90. The molecule has 0 saturated heterocycles. The van der Waals surface area contributed by atoms with Crippen molar-refractivity contribution in [3.63, 3.8) is 0 Å². The fourth-order valence-corrected chi connectivity index (χ4v) is 2.88. The molecule has 1 heterocycles. The SMILES string of the molecule is CCNCCNC(=O)c1ccc2c(c1)C(=O)N(Cc1ccccc1)C2=O.Cl. The van der Waals surface area contributed by atoms with Crippen molar-refractivity contribution in [3.05, 3.63) is 70.8 Å². The summed E-state index contributed by atoms with van der Waals surface area (Å²) < 4.78 is 0. The number of rotatable bonds is 7. The van der Waals surface area contributed by atoms with Gasteiger partial charge in [0.15, 0.2) is 0 Å². The second-order valence-electron chi connectivity index (χ2n) is 6.05. The van der Waals surface area contributed by atoms with Crippen molar-refractivity contribution in [2.24, 2.45) is 0 Å². The van der Waals surface area contributed by atoms with Gasteiger partial charge in [0.05, 0.1) is 17.7 Å². The predicted molar refractivity (Wildman–Crippen MR) is 105 cm³/mol. The van der Waals surface area contributed by atoms with Crippen molar-refractivity contribution >= 4 is 30.1 Å². The smallest absolute Gasteiger partial charge is 0.261 e. The highest BCUT2D eigenvalue weighted by molar-refractivity contribution is 6.22. The molecule has 1 aliphatic heterocycles. The summed E-state index contributed by atoms with van der Waals surface area (Å²) in [5, 5.41) is 5.91. The Kier molecular flexibility index (Phi) is 7.10. The number of hydrogen-bond acceptors (Lipinski definition) is 4. The Morgan fingerprint density at radius 1 is 0.963 bits per heavy atom. The second-order valence-corrected chi connectivity index (χ2v) is 6.05. The van der Waals surface area contributed by atoms with E-state index in [1.165, 1.54) is 11.0 Å². The third-order valence-electron chi connectivity index (χ3n) is 4.25. The molecule has 1 aliphatic rings. The zero-order valence-electron chi connectivity index (χ0n) is 15.0. The van der Waals surface area contributed by atoms with Crippen LogP contribution in [0.2, 0.25) is 0 Å². The lowest BCUT2D eigenvalue weighted by molar-refractivity contribution is 0.0642. The van der Waals surface area contributed by atoms with Crippen molar-refractivity contribution in [1.82, 2.24) is 15.5 Å². The Hall–Kier alpha value is -2.70. The van der Waals surface area contributed by atoms with Gasteiger partial charge in [-0.1, -0.05) is 37.3 Å². The van der Waals surface area contributed by atoms with Gasteiger partial charge in [0.25, 0.3) is 17.7 Å². The first-order chi connectivity index (χ1) is 12.6. The molecule has 0 bridgehead atoms. The van der Waals surface area contributed by atoms with Crippen LogP contribution >= 0.6 is 12.4 Å². The maximum absolute atomic E-state index is 12.6. The topological polar surface area (TPSA) is 78.5 Å². The summed E-state index contributed by atoms with van der Waals surface area (Å²) in [6.07, 6.45) is 0. The molecule has 0 radical (unpaired) electrons. The van der Waals surface area contributed by atoms with E-state index in [4.69, 9.17) is 0 Å². The molecule has 142 valence electrons. The van der Waals surface area contributed by atoms with Crippen LogP contribution in [0.25, 0.3) is 0 Å². The Balaban J connectivity index is 0.00000261. The third-order valence-corrected chi connectivity index (χ3v) is 4.25. The molecule has 2 aromatic rings. The number of carbonyl (C=O) groups excluding carboxylic acids is 3. The van der Waals surface area contributed by atoms with Crippen LogP contribution in [0.1, 0.15) is 43.6 Å². The van der Waals surface area contributed by atoms with Gasteiger partial charge in [-0.15, -0.1) is 12.4 Å². The molecule has 0 saturated carbocycles. The van der Waals surface area contributed by atoms with Crippen LogP contribution in [0.3, 0.4) is 0 Å². The first-order valence-electron chi connectivity index (χ1n) is 8.65. The van der Waals surface area contributed by atoms with Gasteiger partial charge >= 0.3 is 0 Å². The number of imide groups is 1. The predicted octanol–water partition coefficient (Wildman–Crippen LogP) is 2.24. The van der Waals surface area contributed by atoms with Gasteiger partial charge in [0.2, 0.25) is 0 Å². The van der Waals surface area contributed by atoms with Crippen LogP contribution in [-0.2, 0) is 6.54 Å². The van der Waals surface area contributed by atoms with Gasteiger partial charge < -0.3 is 10.6 Å². The van der Waals surface area contributed by atoms with Crippen molar-refractivity contribution in [2.75, 3.05) is 19.6 Å². The molecular formula is C20H22ClN3O3. The monoisotopic (exact) mass is 387 g/mol. The number of carbonyl (C=O) groups is 3. The zero-order chi connectivity index (χ0) is 18.5. The standard InChI is InChI=1S/C20H21N3O3.ClH/c1-2-21-10-11-22-18(24)15-8-9-16-17(12-15)20(26)23(19(16)25)13-14-6-4-3-5-7-14;/h3-9,12,21H,2,10-11,13H2,1H3,(H,22,24);1H. The fraction of sp³-hybridized carbons (Fsp3) is 0.250. The summed E-state index contributed by atoms with van der Waals surface area (Å²) >= 11 is 0. The molecule has 3 amide bonds. The molecule has 27 heavy (non-hydrogen) atoms. The van der Waals surface area contributed by atoms with E-state index in [1.807, 2.05) is 37.3 Å². The van der Waals surface area contributed by atoms with E-state index in [0.29, 0.717) is 24.2 Å². The minimum Gasteiger partial charge on any atom is -0.351 e. The zero-order valence-corrected chi connectivity index (χ0v) is 15.8. The number of halogens is 1. The maximum Gasteiger partial charge on any atom is 0.261 e. The van der Waals surface area contributed by atoms with E-state index >= 15 is 0 Å². The molecule has 0 aliphatic carbocycles. The summed E-state index contributed by atoms with van der Waals surface area (Å²) in [5.41, 5.74) is 1.88. The minimum absolute atomic E-state index is 0. The Labute approximate surface area is 164 Å². The molecule has 0 aromatic heterocycles. The average molecular weight is 388 g/mol. The van der Waals surface area contributed by atoms with Gasteiger partial charge in [-0.25, -0.2) is 0 Å². The highest BCUT2D eigenvalue weighted by Crippen LogP contribution is 2.25. The van der Waals surface area contributed by atoms with Crippen molar-refractivity contribution < 1.29 is 14.4 Å². The maximum atomic E-state index is 12.6. The van der Waals surface area contributed by atoms with Crippen LogP contribution in [0.15, 0.2) is 48.5 Å². The lowest BCUT2D eigenvalue weighted by atomic mass is 10.1. The molecule has 3 rings (SSSR count). The third kappa shape index (κ3) is 4.53. The number of fused-ring (bicyclic) bond motifs is 1. The number of amides is 3. The summed E-state index contributed by atoms with van der Waals surface area (Å²) in [6, 6.07) is 14.0. The van der Waals surface area contributed by atoms with Crippen LogP contribution in [0.4, 0.5) is 0 Å². The van der Waals surface area contributed by atoms with Crippen molar-refractivity contribution in [1.29, 1.82) is 0 Å². The first-order valence-corrected chi connectivity index (χ1v) is 8.65. The second kappa shape index (κ2) is 9.30. The number of hydrogen-bond donors (Lipinski definition) is 2. The van der Waals surface area contributed by atoms with Crippen LogP contribution in [0.5, 0.6) is 0 Å².